The average Bonchev–Trinajstić information content (AvgIpc) is 3.43. The molecule has 11 heteroatoms. The molecule has 0 spiro atoms. The highest BCUT2D eigenvalue weighted by Crippen LogP contribution is 2.29. The van der Waals surface area contributed by atoms with Gasteiger partial charge in [-0.15, -0.1) is 0 Å². The molecular weight excluding hydrogens is 622 g/mol. The molecule has 49 heavy (non-hydrogen) atoms. The van der Waals surface area contributed by atoms with Crippen molar-refractivity contribution in [3.63, 3.8) is 0 Å². The van der Waals surface area contributed by atoms with E-state index in [4.69, 9.17) is 4.84 Å². The van der Waals surface area contributed by atoms with Crippen molar-refractivity contribution in [3.05, 3.63) is 40.7 Å². The Labute approximate surface area is 291 Å². The van der Waals surface area contributed by atoms with Crippen LogP contribution in [0.4, 0.5) is 0 Å². The summed E-state index contributed by atoms with van der Waals surface area (Å²) in [6.45, 7) is 10.0. The van der Waals surface area contributed by atoms with Gasteiger partial charge in [-0.05, 0) is 81.8 Å². The van der Waals surface area contributed by atoms with Crippen LogP contribution in [0.25, 0.3) is 6.08 Å². The highest BCUT2D eigenvalue weighted by Gasteiger charge is 2.41. The summed E-state index contributed by atoms with van der Waals surface area (Å²) in [4.78, 5) is 75.1. The van der Waals surface area contributed by atoms with Gasteiger partial charge in [0.2, 0.25) is 23.6 Å². The Hall–Kier alpha value is -3.89. The van der Waals surface area contributed by atoms with Crippen LogP contribution in [0.3, 0.4) is 0 Å². The summed E-state index contributed by atoms with van der Waals surface area (Å²) < 4.78 is 1.72. The number of fused-ring (bicyclic) bond motifs is 2. The van der Waals surface area contributed by atoms with E-state index in [1.165, 1.54) is 0 Å². The van der Waals surface area contributed by atoms with Gasteiger partial charge < -0.3 is 25.7 Å². The van der Waals surface area contributed by atoms with Crippen LogP contribution in [0, 0.1) is 11.8 Å². The Morgan fingerprint density at radius 1 is 1.02 bits per heavy atom. The van der Waals surface area contributed by atoms with Gasteiger partial charge in [0.1, 0.15) is 31.3 Å². The quantitative estimate of drug-likeness (QED) is 0.212. The zero-order chi connectivity index (χ0) is 35.7. The Bertz CT molecular complexity index is 1430. The number of unbranched alkanes of at least 4 members (excludes halogenated alkanes) is 2. The van der Waals surface area contributed by atoms with E-state index in [1.54, 1.807) is 29.7 Å². The fraction of sp³-hybridized carbons (Fsp3) is 0.658. The van der Waals surface area contributed by atoms with E-state index in [0.29, 0.717) is 38.1 Å². The van der Waals surface area contributed by atoms with Gasteiger partial charge in [-0.2, -0.15) is 4.73 Å². The van der Waals surface area contributed by atoms with E-state index >= 15 is 0 Å². The lowest BCUT2D eigenvalue weighted by Gasteiger charge is -2.39. The molecule has 1 aromatic rings. The normalized spacial score (nSPS) is 25.6. The maximum Gasteiger partial charge on any atom is 0.246 e. The number of ketones is 1. The fourth-order valence-electron chi connectivity index (χ4n) is 7.29. The van der Waals surface area contributed by atoms with Crippen LogP contribution in [0.1, 0.15) is 116 Å². The second kappa shape index (κ2) is 17.7. The molecule has 3 aliphatic rings. The zero-order valence-corrected chi connectivity index (χ0v) is 30.3. The van der Waals surface area contributed by atoms with Crippen LogP contribution in [0.15, 0.2) is 23.9 Å². The molecule has 3 N–H and O–H groups in total. The van der Waals surface area contributed by atoms with Crippen molar-refractivity contribution >= 4 is 35.5 Å². The molecule has 0 radical (unpaired) electrons. The lowest BCUT2D eigenvalue weighted by molar-refractivity contribution is -0.147. The molecule has 11 nitrogen and oxygen atoms in total. The van der Waals surface area contributed by atoms with Crippen LogP contribution in [-0.2, 0) is 36.8 Å². The van der Waals surface area contributed by atoms with E-state index in [-0.39, 0.29) is 29.9 Å². The molecule has 0 bridgehead atoms. The maximum atomic E-state index is 14.2. The standard InChI is InChI=1S/C38H57N5O6/c1-7-25(4)34-38(48)42-19-13-12-16-32(42)37(47)39-30(15-11-9-10-14-27(8-2)21-26(5)44)35(45)40-31(36(46)41-34)22-28-23-43(49-6)33-20-24(3)17-18-29(28)33/h17-18,21,23-25,30-32,34H,7-16,19-20,22H2,1-6H3,(H,39,47)(H,40,45)(H,41,46)/b27-21+/t24?,25-,30-,31-,32+,34?/m0/s1. The molecule has 2 aliphatic heterocycles. The van der Waals surface area contributed by atoms with Gasteiger partial charge in [-0.3, -0.25) is 24.0 Å². The number of aromatic nitrogens is 1. The Kier molecular flexibility index (Phi) is 13.7. The molecule has 2 unspecified atom stereocenters. The molecule has 4 rings (SSSR count). The van der Waals surface area contributed by atoms with E-state index in [1.807, 2.05) is 33.0 Å². The first-order chi connectivity index (χ1) is 23.5. The number of hydrogen-bond donors (Lipinski definition) is 3. The van der Waals surface area contributed by atoms with E-state index < -0.39 is 36.0 Å². The van der Waals surface area contributed by atoms with Crippen molar-refractivity contribution in [3.8, 4) is 0 Å². The SMILES string of the molecule is CC/C(=C\C(C)=O)CCCCC[C@@H]1NC(=O)[C@H]2CCCCN2C(=O)C([C@@H](C)CC)NC(=O)[C@H](Cc2cn(OC)c3c2C=CC(C)C3)NC1=O. The monoisotopic (exact) mass is 679 g/mol. The van der Waals surface area contributed by atoms with Gasteiger partial charge >= 0.3 is 0 Å². The molecule has 1 aromatic heterocycles. The number of allylic oxidation sites excluding steroid dienone is 3. The topological polar surface area (TPSA) is 139 Å². The molecule has 3 heterocycles. The second-order valence-corrected chi connectivity index (χ2v) is 14.2. The molecule has 2 saturated heterocycles. The maximum absolute atomic E-state index is 14.2. The van der Waals surface area contributed by atoms with E-state index in [0.717, 1.165) is 67.3 Å². The Morgan fingerprint density at radius 3 is 2.45 bits per heavy atom. The molecular formula is C38H57N5O6. The Morgan fingerprint density at radius 2 is 1.76 bits per heavy atom. The van der Waals surface area contributed by atoms with Gasteiger partial charge in [-0.1, -0.05) is 64.7 Å². The predicted molar refractivity (Wildman–Crippen MR) is 189 cm³/mol. The van der Waals surface area contributed by atoms with Crippen LogP contribution in [-0.4, -0.2) is 76.9 Å². The van der Waals surface area contributed by atoms with Crippen molar-refractivity contribution < 1.29 is 28.8 Å². The largest absolute Gasteiger partial charge is 0.417 e. The van der Waals surface area contributed by atoms with Gasteiger partial charge in [0.15, 0.2) is 5.78 Å². The number of rotatable bonds is 13. The molecule has 270 valence electrons. The summed E-state index contributed by atoms with van der Waals surface area (Å²) in [5, 5.41) is 9.01. The smallest absolute Gasteiger partial charge is 0.246 e. The molecule has 0 aromatic carbocycles. The third kappa shape index (κ3) is 9.63. The first-order valence-corrected chi connectivity index (χ1v) is 18.3. The molecule has 6 atom stereocenters. The molecule has 4 amide bonds. The van der Waals surface area contributed by atoms with E-state index in [9.17, 15) is 24.0 Å². The van der Waals surface area contributed by atoms with Crippen molar-refractivity contribution in [2.75, 3.05) is 13.7 Å². The minimum atomic E-state index is -0.990. The number of amides is 4. The minimum absolute atomic E-state index is 0.0404. The van der Waals surface area contributed by atoms with Crippen molar-refractivity contribution in [2.45, 2.75) is 136 Å². The van der Waals surface area contributed by atoms with Gasteiger partial charge in [0.25, 0.3) is 0 Å². The lowest BCUT2D eigenvalue weighted by Crippen LogP contribution is -2.64. The number of nitrogens with one attached hydrogen (secondary N) is 3. The highest BCUT2D eigenvalue weighted by atomic mass is 16.6. The first-order valence-electron chi connectivity index (χ1n) is 18.3. The summed E-state index contributed by atoms with van der Waals surface area (Å²) in [6, 6.07) is -3.39. The summed E-state index contributed by atoms with van der Waals surface area (Å²) in [5.74, 6) is -1.24. The predicted octanol–water partition coefficient (Wildman–Crippen LogP) is 4.07. The number of hydrogen-bond acceptors (Lipinski definition) is 6. The zero-order valence-electron chi connectivity index (χ0n) is 30.3. The molecule has 1 aliphatic carbocycles. The number of carbonyl (C=O) groups is 5. The summed E-state index contributed by atoms with van der Waals surface area (Å²) >= 11 is 0. The third-order valence-electron chi connectivity index (χ3n) is 10.4. The molecule has 2 fully saturated rings. The lowest BCUT2D eigenvalue weighted by atomic mass is 9.91. The van der Waals surface area contributed by atoms with Crippen molar-refractivity contribution in [1.29, 1.82) is 0 Å². The summed E-state index contributed by atoms with van der Waals surface area (Å²) in [5.41, 5.74) is 3.92. The van der Waals surface area contributed by atoms with Crippen LogP contribution in [0.5, 0.6) is 0 Å². The first kappa shape index (κ1) is 37.9. The van der Waals surface area contributed by atoms with Crippen molar-refractivity contribution in [1.82, 2.24) is 25.6 Å². The third-order valence-corrected chi connectivity index (χ3v) is 10.4. The second-order valence-electron chi connectivity index (χ2n) is 14.2. The molecule has 0 saturated carbocycles. The van der Waals surface area contributed by atoms with Gasteiger partial charge in [-0.25, -0.2) is 0 Å². The fourth-order valence-corrected chi connectivity index (χ4v) is 7.29. The van der Waals surface area contributed by atoms with Crippen LogP contribution >= 0.6 is 0 Å². The summed E-state index contributed by atoms with van der Waals surface area (Å²) in [7, 11) is 1.60. The highest BCUT2D eigenvalue weighted by molar-refractivity contribution is 5.98. The van der Waals surface area contributed by atoms with Gasteiger partial charge in [0.05, 0.1) is 5.69 Å². The van der Waals surface area contributed by atoms with E-state index in [2.05, 4.69) is 29.0 Å². The van der Waals surface area contributed by atoms with Gasteiger partial charge in [0, 0.05) is 24.7 Å². The minimum Gasteiger partial charge on any atom is -0.417 e. The number of nitrogens with zero attached hydrogens (tertiary/aromatic N) is 2. The Balaban J connectivity index is 1.63. The van der Waals surface area contributed by atoms with Crippen LogP contribution < -0.4 is 20.8 Å². The van der Waals surface area contributed by atoms with Crippen molar-refractivity contribution in [2.24, 2.45) is 11.8 Å². The summed E-state index contributed by atoms with van der Waals surface area (Å²) in [6.07, 6.45) is 15.8. The average molecular weight is 680 g/mol. The number of carbonyl (C=O) groups excluding carboxylic acids is 5. The van der Waals surface area contributed by atoms with Crippen LogP contribution in [0.2, 0.25) is 0 Å². The number of piperidine rings is 1.